The molecular weight excluding hydrogens is 258 g/mol. The van der Waals surface area contributed by atoms with Gasteiger partial charge in [0.25, 0.3) is 0 Å². The molecule has 2 heteroatoms. The number of nitriles is 1. The number of carbonyl (C=O) groups excluding carboxylic acids is 1. The summed E-state index contributed by atoms with van der Waals surface area (Å²) in [6.45, 7) is 0. The van der Waals surface area contributed by atoms with Crippen LogP contribution in [0.3, 0.4) is 0 Å². The molecule has 3 atom stereocenters. The summed E-state index contributed by atoms with van der Waals surface area (Å²) in [5, 5.41) is 8.94. The molecule has 0 bridgehead atoms. The third-order valence-corrected chi connectivity index (χ3v) is 5.18. The van der Waals surface area contributed by atoms with Crippen molar-refractivity contribution in [2.45, 2.75) is 24.2 Å². The lowest BCUT2D eigenvalue weighted by molar-refractivity contribution is -0.119. The molecule has 2 aromatic carbocycles. The van der Waals surface area contributed by atoms with Crippen LogP contribution in [0.1, 0.15) is 35.4 Å². The molecule has 2 aromatic rings. The topological polar surface area (TPSA) is 40.9 Å². The van der Waals surface area contributed by atoms with Gasteiger partial charge >= 0.3 is 0 Å². The number of ketones is 1. The van der Waals surface area contributed by atoms with Crippen molar-refractivity contribution in [2.24, 2.45) is 5.92 Å². The number of hydrogen-bond donors (Lipinski definition) is 0. The molecule has 1 unspecified atom stereocenters. The Morgan fingerprint density at radius 1 is 1.00 bits per heavy atom. The average molecular weight is 273 g/mol. The highest BCUT2D eigenvalue weighted by atomic mass is 16.1. The standard InChI is InChI=1S/C19H15NO/c20-12-13-6-8-15(9-7-13)19-11-10-16(21)18(19)17(19)14-4-2-1-3-5-14/h1-9,17-18H,10-11H2/t17?,18-,19-/m0/s1. The molecule has 0 aromatic heterocycles. The van der Waals surface area contributed by atoms with Gasteiger partial charge in [0.05, 0.1) is 11.6 Å². The first-order valence-electron chi connectivity index (χ1n) is 7.35. The number of rotatable bonds is 2. The summed E-state index contributed by atoms with van der Waals surface area (Å²) >= 11 is 0. The Morgan fingerprint density at radius 3 is 2.38 bits per heavy atom. The molecule has 0 radical (unpaired) electrons. The molecule has 102 valence electrons. The molecule has 2 nitrogen and oxygen atoms in total. The van der Waals surface area contributed by atoms with Crippen LogP contribution in [0.25, 0.3) is 0 Å². The lowest BCUT2D eigenvalue weighted by Crippen LogP contribution is -2.08. The Balaban J connectivity index is 1.78. The minimum Gasteiger partial charge on any atom is -0.299 e. The summed E-state index contributed by atoms with van der Waals surface area (Å²) in [7, 11) is 0. The molecular formula is C19H15NO. The first kappa shape index (κ1) is 12.3. The fourth-order valence-corrected chi connectivity index (χ4v) is 4.22. The SMILES string of the molecule is N#Cc1ccc([C@]23CCC(=O)[C@H]2C3c2ccccc2)cc1. The van der Waals surface area contributed by atoms with Crippen LogP contribution >= 0.6 is 0 Å². The smallest absolute Gasteiger partial charge is 0.137 e. The number of fused-ring (bicyclic) bond motifs is 1. The van der Waals surface area contributed by atoms with E-state index in [9.17, 15) is 4.79 Å². The second kappa shape index (κ2) is 4.30. The minimum absolute atomic E-state index is 0.0214. The first-order valence-corrected chi connectivity index (χ1v) is 7.35. The number of nitrogens with zero attached hydrogens (tertiary/aromatic N) is 1. The van der Waals surface area contributed by atoms with Crippen LogP contribution < -0.4 is 0 Å². The van der Waals surface area contributed by atoms with E-state index >= 15 is 0 Å². The van der Waals surface area contributed by atoms with Crippen LogP contribution in [0.2, 0.25) is 0 Å². The van der Waals surface area contributed by atoms with Gasteiger partial charge in [-0.3, -0.25) is 4.79 Å². The van der Waals surface area contributed by atoms with Crippen LogP contribution in [-0.2, 0) is 10.2 Å². The van der Waals surface area contributed by atoms with Crippen LogP contribution in [0, 0.1) is 17.2 Å². The van der Waals surface area contributed by atoms with Crippen molar-refractivity contribution in [3.63, 3.8) is 0 Å². The monoisotopic (exact) mass is 273 g/mol. The number of Topliss-reactive ketones (excluding diaryl/α,β-unsaturated/α-hetero) is 1. The Bertz CT molecular complexity index is 741. The molecule has 21 heavy (non-hydrogen) atoms. The van der Waals surface area contributed by atoms with E-state index in [0.29, 0.717) is 23.7 Å². The van der Waals surface area contributed by atoms with Crippen molar-refractivity contribution in [1.29, 1.82) is 5.26 Å². The number of hydrogen-bond acceptors (Lipinski definition) is 2. The van der Waals surface area contributed by atoms with E-state index in [1.165, 1.54) is 11.1 Å². The van der Waals surface area contributed by atoms with Crippen molar-refractivity contribution in [2.75, 3.05) is 0 Å². The van der Waals surface area contributed by atoms with Gasteiger partial charge in [-0.05, 0) is 29.7 Å². The van der Waals surface area contributed by atoms with Gasteiger partial charge in [0.1, 0.15) is 5.78 Å². The highest BCUT2D eigenvalue weighted by Crippen LogP contribution is 2.72. The average Bonchev–Trinajstić information content (AvgIpc) is 3.13. The van der Waals surface area contributed by atoms with Crippen molar-refractivity contribution in [3.8, 4) is 6.07 Å². The summed E-state index contributed by atoms with van der Waals surface area (Å²) in [5.74, 6) is 0.842. The van der Waals surface area contributed by atoms with E-state index < -0.39 is 0 Å². The molecule has 0 spiro atoms. The Kier molecular flexibility index (Phi) is 2.53. The summed E-state index contributed by atoms with van der Waals surface area (Å²) in [5.41, 5.74) is 3.13. The summed E-state index contributed by atoms with van der Waals surface area (Å²) in [4.78, 5) is 12.2. The zero-order chi connectivity index (χ0) is 14.4. The van der Waals surface area contributed by atoms with E-state index in [4.69, 9.17) is 5.26 Å². The summed E-state index contributed by atoms with van der Waals surface area (Å²) in [6, 6.07) is 20.3. The van der Waals surface area contributed by atoms with Crippen molar-refractivity contribution in [1.82, 2.24) is 0 Å². The van der Waals surface area contributed by atoms with Crippen molar-refractivity contribution in [3.05, 3.63) is 71.3 Å². The Hall–Kier alpha value is -2.40. The molecule has 0 aliphatic heterocycles. The van der Waals surface area contributed by atoms with E-state index in [1.807, 2.05) is 42.5 Å². The Labute approximate surface area is 124 Å². The molecule has 2 aliphatic carbocycles. The van der Waals surface area contributed by atoms with E-state index in [0.717, 1.165) is 6.42 Å². The van der Waals surface area contributed by atoms with Gasteiger partial charge in [0.15, 0.2) is 0 Å². The fourth-order valence-electron chi connectivity index (χ4n) is 4.22. The van der Waals surface area contributed by atoms with E-state index in [1.54, 1.807) is 0 Å². The molecule has 4 rings (SSSR count). The zero-order valence-corrected chi connectivity index (χ0v) is 11.6. The van der Waals surface area contributed by atoms with Gasteiger partial charge < -0.3 is 0 Å². The second-order valence-electron chi connectivity index (χ2n) is 6.06. The first-order chi connectivity index (χ1) is 10.3. The predicted molar refractivity (Wildman–Crippen MR) is 79.7 cm³/mol. The van der Waals surface area contributed by atoms with Gasteiger partial charge in [-0.15, -0.1) is 0 Å². The molecule has 2 aliphatic rings. The van der Waals surface area contributed by atoms with Crippen LogP contribution in [0.5, 0.6) is 0 Å². The Morgan fingerprint density at radius 2 is 1.71 bits per heavy atom. The van der Waals surface area contributed by atoms with Gasteiger partial charge in [0, 0.05) is 23.7 Å². The van der Waals surface area contributed by atoms with Gasteiger partial charge in [0.2, 0.25) is 0 Å². The molecule has 2 fully saturated rings. The maximum absolute atomic E-state index is 12.2. The van der Waals surface area contributed by atoms with Crippen LogP contribution in [0.4, 0.5) is 0 Å². The third kappa shape index (κ3) is 1.61. The maximum Gasteiger partial charge on any atom is 0.137 e. The predicted octanol–water partition coefficient (Wildman–Crippen LogP) is 3.57. The van der Waals surface area contributed by atoms with Gasteiger partial charge in [-0.1, -0.05) is 42.5 Å². The molecule has 0 saturated heterocycles. The summed E-state index contributed by atoms with van der Waals surface area (Å²) < 4.78 is 0. The molecule has 0 N–H and O–H groups in total. The third-order valence-electron chi connectivity index (χ3n) is 5.18. The lowest BCUT2D eigenvalue weighted by Gasteiger charge is -2.15. The minimum atomic E-state index is -0.0214. The van der Waals surface area contributed by atoms with Crippen molar-refractivity contribution < 1.29 is 4.79 Å². The van der Waals surface area contributed by atoms with Crippen molar-refractivity contribution >= 4 is 5.78 Å². The van der Waals surface area contributed by atoms with E-state index in [2.05, 4.69) is 18.2 Å². The zero-order valence-electron chi connectivity index (χ0n) is 11.6. The van der Waals surface area contributed by atoms with Gasteiger partial charge in [-0.2, -0.15) is 5.26 Å². The number of carbonyl (C=O) groups is 1. The van der Waals surface area contributed by atoms with Crippen LogP contribution in [0.15, 0.2) is 54.6 Å². The second-order valence-corrected chi connectivity index (χ2v) is 6.06. The largest absolute Gasteiger partial charge is 0.299 e. The normalized spacial score (nSPS) is 29.8. The highest BCUT2D eigenvalue weighted by Gasteiger charge is 2.71. The maximum atomic E-state index is 12.2. The quantitative estimate of drug-likeness (QED) is 0.839. The molecule has 0 amide bonds. The van der Waals surface area contributed by atoms with E-state index in [-0.39, 0.29) is 11.3 Å². The highest BCUT2D eigenvalue weighted by molar-refractivity contribution is 5.92. The fraction of sp³-hybridized carbons (Fsp3) is 0.263. The molecule has 2 saturated carbocycles. The molecule has 0 heterocycles. The van der Waals surface area contributed by atoms with Crippen LogP contribution in [-0.4, -0.2) is 5.78 Å². The van der Waals surface area contributed by atoms with Gasteiger partial charge in [-0.25, -0.2) is 0 Å². The lowest BCUT2D eigenvalue weighted by atomic mass is 9.88. The number of benzene rings is 2. The summed E-state index contributed by atoms with van der Waals surface area (Å²) in [6.07, 6.45) is 1.62.